The quantitative estimate of drug-likeness (QED) is 0.445. The van der Waals surface area contributed by atoms with Gasteiger partial charge in [-0.3, -0.25) is 9.97 Å². The maximum Gasteiger partial charge on any atom is 0.215 e. The topological polar surface area (TPSA) is 90.5 Å². The molecule has 0 radical (unpaired) electrons. The van der Waals surface area contributed by atoms with Gasteiger partial charge in [0.15, 0.2) is 13.2 Å². The molecule has 0 spiro atoms. The first-order valence-electron chi connectivity index (χ1n) is 10.4. The third-order valence-corrected chi connectivity index (χ3v) is 4.88. The lowest BCUT2D eigenvalue weighted by molar-refractivity contribution is -0.119. The molecule has 0 N–H and O–H groups in total. The average molecular weight is 424 g/mol. The second-order valence-corrected chi connectivity index (χ2v) is 7.69. The van der Waals surface area contributed by atoms with E-state index in [2.05, 4.69) is 25.4 Å². The van der Waals surface area contributed by atoms with Crippen molar-refractivity contribution >= 4 is 17.1 Å². The Morgan fingerprint density at radius 3 is 1.87 bits per heavy atom. The molecule has 164 valence electrons. The molecule has 1 aliphatic heterocycles. The number of aromatic nitrogens is 2. The summed E-state index contributed by atoms with van der Waals surface area (Å²) in [5.74, 6) is 0. The summed E-state index contributed by atoms with van der Waals surface area (Å²) in [5.41, 5.74) is 4.94. The second-order valence-electron chi connectivity index (χ2n) is 7.69. The van der Waals surface area contributed by atoms with Gasteiger partial charge in [0.05, 0.1) is 17.1 Å². The van der Waals surface area contributed by atoms with Crippen LogP contribution < -0.4 is 0 Å². The zero-order valence-electron chi connectivity index (χ0n) is 18.8. The number of hydrogen-bond donors (Lipinski definition) is 0. The molecular formula is C23H29N5O3. The fourth-order valence-electron chi connectivity index (χ4n) is 3.06. The van der Waals surface area contributed by atoms with Gasteiger partial charge in [0.1, 0.15) is 11.4 Å². The first kappa shape index (κ1) is 22.4. The molecule has 0 aromatic carbocycles. The molecule has 31 heavy (non-hydrogen) atoms. The fraction of sp³-hybridized carbons (Fsp3) is 0.435. The fourth-order valence-corrected chi connectivity index (χ4v) is 3.06. The molecule has 2 aromatic rings. The van der Waals surface area contributed by atoms with Crippen molar-refractivity contribution in [3.05, 3.63) is 59.2 Å². The van der Waals surface area contributed by atoms with Crippen LogP contribution in [0.3, 0.4) is 0 Å². The predicted octanol–water partition coefficient (Wildman–Crippen LogP) is 4.20. The zero-order chi connectivity index (χ0) is 22.3. The van der Waals surface area contributed by atoms with Gasteiger partial charge in [0, 0.05) is 17.8 Å². The van der Waals surface area contributed by atoms with Crippen LogP contribution in [-0.4, -0.2) is 45.9 Å². The Hall–Kier alpha value is -3.29. The standard InChI is InChI=1S/C23H29N5O3/c1-6-20-13-23(31-28-20,14-29-26-18(4)21-11-7-9-16(2)24-21)15-30-27-19(5)22-12-8-10-17(3)25-22/h7-12H,6,13-15H2,1-5H3/b26-18+,27-19+. The first-order chi connectivity index (χ1) is 14.9. The second kappa shape index (κ2) is 10.1. The van der Waals surface area contributed by atoms with Crippen LogP contribution in [0.25, 0.3) is 0 Å². The van der Waals surface area contributed by atoms with Crippen molar-refractivity contribution in [2.75, 3.05) is 13.2 Å². The van der Waals surface area contributed by atoms with Gasteiger partial charge in [-0.25, -0.2) is 0 Å². The van der Waals surface area contributed by atoms with Crippen LogP contribution >= 0.6 is 0 Å². The Labute approximate surface area is 183 Å². The van der Waals surface area contributed by atoms with E-state index < -0.39 is 5.60 Å². The van der Waals surface area contributed by atoms with Crippen LogP contribution in [0.4, 0.5) is 0 Å². The van der Waals surface area contributed by atoms with Crippen LogP contribution in [0.1, 0.15) is 56.4 Å². The van der Waals surface area contributed by atoms with E-state index in [0.29, 0.717) is 17.8 Å². The maximum atomic E-state index is 5.73. The molecule has 3 rings (SSSR count). The molecule has 0 saturated carbocycles. The summed E-state index contributed by atoms with van der Waals surface area (Å²) in [6, 6.07) is 11.6. The molecule has 0 amide bonds. The summed E-state index contributed by atoms with van der Waals surface area (Å²) in [7, 11) is 0. The molecule has 8 heteroatoms. The van der Waals surface area contributed by atoms with E-state index in [4.69, 9.17) is 14.5 Å². The van der Waals surface area contributed by atoms with Crippen molar-refractivity contribution in [3.63, 3.8) is 0 Å². The van der Waals surface area contributed by atoms with E-state index in [-0.39, 0.29) is 13.2 Å². The third kappa shape index (κ3) is 6.10. The molecule has 0 fully saturated rings. The Morgan fingerprint density at radius 1 is 0.935 bits per heavy atom. The minimum Gasteiger partial charge on any atom is -0.391 e. The Balaban J connectivity index is 1.64. The van der Waals surface area contributed by atoms with E-state index in [0.717, 1.165) is 34.9 Å². The Bertz CT molecular complexity index is 935. The van der Waals surface area contributed by atoms with Gasteiger partial charge in [-0.1, -0.05) is 34.5 Å². The highest BCUT2D eigenvalue weighted by Crippen LogP contribution is 2.26. The lowest BCUT2D eigenvalue weighted by Crippen LogP contribution is -2.39. The van der Waals surface area contributed by atoms with Crippen LogP contribution in [0.15, 0.2) is 51.9 Å². The average Bonchev–Trinajstić information content (AvgIpc) is 3.17. The van der Waals surface area contributed by atoms with Gasteiger partial charge in [-0.05, 0) is 58.4 Å². The van der Waals surface area contributed by atoms with Crippen LogP contribution in [0.2, 0.25) is 0 Å². The summed E-state index contributed by atoms with van der Waals surface area (Å²) in [6.07, 6.45) is 1.39. The molecule has 3 heterocycles. The molecule has 1 aliphatic rings. The SMILES string of the molecule is CCC1=NOC(CO/N=C(\C)c2cccc(C)n2)(CO/N=C(\C)c2cccc(C)n2)C1. The summed E-state index contributed by atoms with van der Waals surface area (Å²) < 4.78 is 0. The van der Waals surface area contributed by atoms with Crippen LogP contribution in [-0.2, 0) is 14.5 Å². The van der Waals surface area contributed by atoms with E-state index in [1.54, 1.807) is 0 Å². The zero-order valence-corrected chi connectivity index (χ0v) is 18.8. The molecule has 0 bridgehead atoms. The molecule has 0 unspecified atom stereocenters. The summed E-state index contributed by atoms with van der Waals surface area (Å²) in [5, 5.41) is 12.6. The monoisotopic (exact) mass is 423 g/mol. The third-order valence-electron chi connectivity index (χ3n) is 4.88. The highest BCUT2D eigenvalue weighted by Gasteiger charge is 2.41. The number of aryl methyl sites for hydroxylation is 2. The smallest absolute Gasteiger partial charge is 0.215 e. The highest BCUT2D eigenvalue weighted by atomic mass is 16.7. The van der Waals surface area contributed by atoms with Crippen LogP contribution in [0.5, 0.6) is 0 Å². The van der Waals surface area contributed by atoms with Crippen molar-refractivity contribution in [3.8, 4) is 0 Å². The molecule has 0 aliphatic carbocycles. The van der Waals surface area contributed by atoms with Gasteiger partial charge >= 0.3 is 0 Å². The number of rotatable bonds is 9. The summed E-state index contributed by atoms with van der Waals surface area (Å²) >= 11 is 0. The van der Waals surface area contributed by atoms with Gasteiger partial charge in [0.25, 0.3) is 0 Å². The molecule has 8 nitrogen and oxygen atoms in total. The Kier molecular flexibility index (Phi) is 7.33. The van der Waals surface area contributed by atoms with E-state index in [1.807, 2.05) is 71.0 Å². The largest absolute Gasteiger partial charge is 0.391 e. The number of oxime groups is 3. The van der Waals surface area contributed by atoms with E-state index in [1.165, 1.54) is 0 Å². The lowest BCUT2D eigenvalue weighted by Gasteiger charge is -2.23. The van der Waals surface area contributed by atoms with Gasteiger partial charge in [-0.2, -0.15) is 0 Å². The summed E-state index contributed by atoms with van der Waals surface area (Å²) in [6.45, 7) is 10.00. The normalized spacial score (nSPS) is 16.0. The van der Waals surface area contributed by atoms with Crippen molar-refractivity contribution in [2.45, 2.75) is 53.1 Å². The van der Waals surface area contributed by atoms with Gasteiger partial charge in [0.2, 0.25) is 5.60 Å². The molecule has 2 aromatic heterocycles. The minimum atomic E-state index is -0.779. The lowest BCUT2D eigenvalue weighted by atomic mass is 9.98. The van der Waals surface area contributed by atoms with E-state index >= 15 is 0 Å². The van der Waals surface area contributed by atoms with E-state index in [9.17, 15) is 0 Å². The van der Waals surface area contributed by atoms with Crippen molar-refractivity contribution < 1.29 is 14.5 Å². The van der Waals surface area contributed by atoms with Gasteiger partial charge in [-0.15, -0.1) is 0 Å². The van der Waals surface area contributed by atoms with Crippen molar-refractivity contribution in [2.24, 2.45) is 15.5 Å². The van der Waals surface area contributed by atoms with Crippen LogP contribution in [0, 0.1) is 13.8 Å². The highest BCUT2D eigenvalue weighted by molar-refractivity contribution is 5.97. The number of pyridine rings is 2. The van der Waals surface area contributed by atoms with Crippen molar-refractivity contribution in [1.29, 1.82) is 0 Å². The molecule has 0 atom stereocenters. The minimum absolute atomic E-state index is 0.181. The predicted molar refractivity (Wildman–Crippen MR) is 120 cm³/mol. The number of nitrogens with zero attached hydrogens (tertiary/aromatic N) is 5. The number of hydrogen-bond acceptors (Lipinski definition) is 8. The molecular weight excluding hydrogens is 394 g/mol. The molecule has 0 saturated heterocycles. The first-order valence-corrected chi connectivity index (χ1v) is 10.4. The maximum absolute atomic E-state index is 5.73. The van der Waals surface area contributed by atoms with Crippen molar-refractivity contribution in [1.82, 2.24) is 9.97 Å². The summed E-state index contributed by atoms with van der Waals surface area (Å²) in [4.78, 5) is 25.9. The van der Waals surface area contributed by atoms with Gasteiger partial charge < -0.3 is 14.5 Å². The Morgan fingerprint density at radius 2 is 1.45 bits per heavy atom.